The number of hydrogen-bond acceptors (Lipinski definition) is 3. The molecule has 2 N–H and O–H groups in total. The van der Waals surface area contributed by atoms with Gasteiger partial charge in [-0.05, 0) is 6.42 Å². The zero-order valence-electron chi connectivity index (χ0n) is 20.8. The van der Waals surface area contributed by atoms with Crippen LogP contribution in [0, 0.1) is 5.92 Å². The largest absolute Gasteiger partial charge is 0.469 e. The van der Waals surface area contributed by atoms with E-state index in [1.807, 2.05) is 6.07 Å². The highest BCUT2D eigenvalue weighted by Gasteiger charge is 2.28. The Bertz CT molecular complexity index is 574. The highest BCUT2D eigenvalue weighted by atomic mass is 16.5. The van der Waals surface area contributed by atoms with Crippen LogP contribution < -0.4 is 5.73 Å². The van der Waals surface area contributed by atoms with E-state index in [0.717, 1.165) is 36.8 Å². The maximum Gasteiger partial charge on any atom is 0.310 e. The molecule has 178 valence electrons. The second kappa shape index (κ2) is 16.3. The fourth-order valence-corrected chi connectivity index (χ4v) is 4.37. The topological polar surface area (TPSA) is 52.3 Å². The van der Waals surface area contributed by atoms with Crippen LogP contribution in [0.25, 0.3) is 0 Å². The van der Waals surface area contributed by atoms with Crippen molar-refractivity contribution in [2.75, 3.05) is 27.7 Å². The summed E-state index contributed by atoms with van der Waals surface area (Å²) in [6.07, 6.45) is 14.7. The maximum absolute atomic E-state index is 12.4. The third kappa shape index (κ3) is 12.9. The third-order valence-electron chi connectivity index (χ3n) is 6.41. The number of carbonyl (C=O) groups is 1. The molecule has 4 nitrogen and oxygen atoms in total. The predicted octanol–water partition coefficient (Wildman–Crippen LogP) is 6.08. The number of nitrogens with two attached hydrogens (primary N) is 1. The number of unbranched alkanes of at least 4 members (excludes halogenated alkanes) is 9. The molecule has 0 saturated heterocycles. The number of esters is 1. The Morgan fingerprint density at radius 3 is 2.00 bits per heavy atom. The molecule has 0 heterocycles. The van der Waals surface area contributed by atoms with Gasteiger partial charge >= 0.3 is 5.97 Å². The van der Waals surface area contributed by atoms with Crippen molar-refractivity contribution in [3.8, 4) is 0 Å². The summed E-state index contributed by atoms with van der Waals surface area (Å²) in [6, 6.07) is 10.4. The van der Waals surface area contributed by atoms with E-state index in [0.29, 0.717) is 0 Å². The van der Waals surface area contributed by atoms with Crippen LogP contribution in [0.3, 0.4) is 0 Å². The van der Waals surface area contributed by atoms with Gasteiger partial charge in [0.1, 0.15) is 6.54 Å². The molecule has 0 fully saturated rings. The Labute approximate surface area is 192 Å². The summed E-state index contributed by atoms with van der Waals surface area (Å²) in [5.74, 6) is -0.326. The lowest BCUT2D eigenvalue weighted by Crippen LogP contribution is -2.45. The number of hydrogen-bond donors (Lipinski definition) is 1. The van der Waals surface area contributed by atoms with Gasteiger partial charge in [-0.15, -0.1) is 0 Å². The maximum atomic E-state index is 12.4. The van der Waals surface area contributed by atoms with Crippen LogP contribution in [-0.2, 0) is 16.1 Å². The molecule has 4 heteroatoms. The van der Waals surface area contributed by atoms with Gasteiger partial charge in [-0.1, -0.05) is 101 Å². The Morgan fingerprint density at radius 2 is 1.45 bits per heavy atom. The van der Waals surface area contributed by atoms with Gasteiger partial charge in [0.15, 0.2) is 0 Å². The van der Waals surface area contributed by atoms with Gasteiger partial charge in [-0.25, -0.2) is 0 Å². The third-order valence-corrected chi connectivity index (χ3v) is 6.41. The second-order valence-corrected chi connectivity index (χ2v) is 9.86. The zero-order chi connectivity index (χ0) is 23.0. The van der Waals surface area contributed by atoms with E-state index in [1.54, 1.807) is 0 Å². The minimum atomic E-state index is -0.184. The van der Waals surface area contributed by atoms with Crippen LogP contribution in [0.5, 0.6) is 0 Å². The molecule has 0 radical (unpaired) electrons. The van der Waals surface area contributed by atoms with Crippen LogP contribution in [0.15, 0.2) is 30.3 Å². The summed E-state index contributed by atoms with van der Waals surface area (Å²) in [5.41, 5.74) is 7.83. The van der Waals surface area contributed by atoms with E-state index in [1.165, 1.54) is 70.5 Å². The Morgan fingerprint density at radius 1 is 0.903 bits per heavy atom. The second-order valence-electron chi connectivity index (χ2n) is 9.86. The first-order valence-electron chi connectivity index (χ1n) is 12.6. The molecule has 0 aliphatic carbocycles. The number of benzene rings is 1. The molecular weight excluding hydrogens is 384 g/mol. The van der Waals surface area contributed by atoms with E-state index in [2.05, 4.69) is 45.3 Å². The fourth-order valence-electron chi connectivity index (χ4n) is 4.37. The lowest BCUT2D eigenvalue weighted by atomic mass is 9.91. The number of carbonyl (C=O) groups excluding carboxylic acids is 1. The first kappa shape index (κ1) is 27.6. The van der Waals surface area contributed by atoms with E-state index < -0.39 is 0 Å². The van der Waals surface area contributed by atoms with Crippen molar-refractivity contribution in [3.63, 3.8) is 0 Å². The van der Waals surface area contributed by atoms with Crippen molar-refractivity contribution >= 4 is 5.97 Å². The van der Waals surface area contributed by atoms with Crippen LogP contribution in [-0.4, -0.2) is 44.2 Å². The summed E-state index contributed by atoms with van der Waals surface area (Å²) < 4.78 is 5.94. The van der Waals surface area contributed by atoms with E-state index in [9.17, 15) is 4.79 Å². The van der Waals surface area contributed by atoms with Crippen molar-refractivity contribution in [2.45, 2.75) is 96.6 Å². The molecule has 2 unspecified atom stereocenters. The lowest BCUT2D eigenvalue weighted by molar-refractivity contribution is -0.904. The number of methoxy groups -OCH3 is 1. The molecule has 0 saturated carbocycles. The monoisotopic (exact) mass is 433 g/mol. The van der Waals surface area contributed by atoms with Crippen molar-refractivity contribution in [1.82, 2.24) is 0 Å². The Kier molecular flexibility index (Phi) is 14.5. The smallest absolute Gasteiger partial charge is 0.310 e. The minimum absolute atomic E-state index is 0.140. The van der Waals surface area contributed by atoms with Gasteiger partial charge in [0.25, 0.3) is 0 Å². The van der Waals surface area contributed by atoms with Crippen LogP contribution in [0.1, 0.15) is 89.5 Å². The quantitative estimate of drug-likeness (QED) is 0.173. The standard InChI is InChI=1S/C27H49N2O2/c1-5-6-7-8-9-10-11-12-13-17-20-25(27(30)31-4)26(28)21-22-29(2,3)23-24-18-15-14-16-19-24/h14-16,18-19,25-26H,5-13,17,20-23,28H2,1-4H3/q+1. The fraction of sp³-hybridized carbons (Fsp3) is 0.741. The highest BCUT2D eigenvalue weighted by Crippen LogP contribution is 2.20. The van der Waals surface area contributed by atoms with E-state index >= 15 is 0 Å². The normalized spacial score (nSPS) is 13.7. The van der Waals surface area contributed by atoms with Crippen molar-refractivity contribution in [3.05, 3.63) is 35.9 Å². The first-order valence-corrected chi connectivity index (χ1v) is 12.6. The minimum Gasteiger partial charge on any atom is -0.469 e. The van der Waals surface area contributed by atoms with Crippen LogP contribution >= 0.6 is 0 Å². The molecule has 1 aromatic rings. The van der Waals surface area contributed by atoms with Gasteiger partial charge in [-0.3, -0.25) is 4.79 Å². The molecular formula is C27H49N2O2+. The van der Waals surface area contributed by atoms with Crippen molar-refractivity contribution < 1.29 is 14.0 Å². The molecule has 31 heavy (non-hydrogen) atoms. The predicted molar refractivity (Wildman–Crippen MR) is 132 cm³/mol. The summed E-state index contributed by atoms with van der Waals surface area (Å²) in [4.78, 5) is 12.4. The molecule has 0 aliphatic heterocycles. The van der Waals surface area contributed by atoms with Gasteiger partial charge in [0.2, 0.25) is 0 Å². The average Bonchev–Trinajstić information content (AvgIpc) is 2.76. The first-order chi connectivity index (χ1) is 14.9. The number of ether oxygens (including phenoxy) is 1. The molecule has 1 rings (SSSR count). The number of quaternary nitrogens is 1. The molecule has 0 aromatic heterocycles. The van der Waals surface area contributed by atoms with Crippen molar-refractivity contribution in [1.29, 1.82) is 0 Å². The lowest BCUT2D eigenvalue weighted by Gasteiger charge is -2.32. The van der Waals surface area contributed by atoms with Crippen LogP contribution in [0.4, 0.5) is 0 Å². The van der Waals surface area contributed by atoms with Crippen molar-refractivity contribution in [2.24, 2.45) is 11.7 Å². The van der Waals surface area contributed by atoms with Gasteiger partial charge in [0, 0.05) is 18.0 Å². The number of nitrogens with zero attached hydrogens (tertiary/aromatic N) is 1. The molecule has 2 atom stereocenters. The Hall–Kier alpha value is -1.39. The van der Waals surface area contributed by atoms with Crippen LogP contribution in [0.2, 0.25) is 0 Å². The average molecular weight is 434 g/mol. The molecule has 0 bridgehead atoms. The molecule has 0 aliphatic rings. The zero-order valence-corrected chi connectivity index (χ0v) is 20.8. The van der Waals surface area contributed by atoms with Gasteiger partial charge in [0.05, 0.1) is 33.7 Å². The summed E-state index contributed by atoms with van der Waals surface area (Å²) in [5, 5.41) is 0. The summed E-state index contributed by atoms with van der Waals surface area (Å²) in [7, 11) is 5.94. The molecule has 0 spiro atoms. The summed E-state index contributed by atoms with van der Waals surface area (Å²) >= 11 is 0. The Balaban J connectivity index is 2.32. The molecule has 0 amide bonds. The number of rotatable bonds is 18. The highest BCUT2D eigenvalue weighted by molar-refractivity contribution is 5.73. The summed E-state index contributed by atoms with van der Waals surface area (Å²) in [6.45, 7) is 4.18. The van der Waals surface area contributed by atoms with E-state index in [-0.39, 0.29) is 17.9 Å². The SMILES string of the molecule is CCCCCCCCCCCCC(C(=O)OC)C(N)CC[N+](C)(C)Cc1ccccc1. The van der Waals surface area contributed by atoms with Gasteiger partial charge in [-0.2, -0.15) is 0 Å². The van der Waals surface area contributed by atoms with Gasteiger partial charge < -0.3 is 15.0 Å². The van der Waals surface area contributed by atoms with E-state index in [4.69, 9.17) is 10.5 Å². The molecule has 1 aromatic carbocycles.